The highest BCUT2D eigenvalue weighted by Gasteiger charge is 2.24. The lowest BCUT2D eigenvalue weighted by Gasteiger charge is -2.26. The molecule has 1 aliphatic heterocycles. The van der Waals surface area contributed by atoms with Crippen molar-refractivity contribution >= 4 is 17.1 Å². The Hall–Kier alpha value is -4.08. The van der Waals surface area contributed by atoms with Gasteiger partial charge in [0.25, 0.3) is 0 Å². The van der Waals surface area contributed by atoms with Crippen molar-refractivity contribution in [3.63, 3.8) is 0 Å². The van der Waals surface area contributed by atoms with Crippen LogP contribution in [0.25, 0.3) is 22.3 Å². The van der Waals surface area contributed by atoms with Crippen LogP contribution in [-0.2, 0) is 13.6 Å². The van der Waals surface area contributed by atoms with Crippen LogP contribution < -0.4 is 14.2 Å². The Balaban J connectivity index is 1.58. The van der Waals surface area contributed by atoms with Gasteiger partial charge in [0.1, 0.15) is 18.2 Å². The van der Waals surface area contributed by atoms with Gasteiger partial charge in [-0.05, 0) is 30.7 Å². The fraction of sp³-hybridized carbons (Fsp3) is 0.273. The second-order valence-electron chi connectivity index (χ2n) is 7.66. The number of ether oxygens (including phenoxy) is 3. The Labute approximate surface area is 183 Å². The molecule has 4 aromatic rings. The number of nitrogens with zero attached hydrogens (tertiary/aromatic N) is 5. The first-order chi connectivity index (χ1) is 15.4. The monoisotopic (exact) mass is 435 g/mol. The number of methoxy groups -OCH3 is 1. The van der Waals surface area contributed by atoms with Gasteiger partial charge in [0, 0.05) is 30.6 Å². The minimum atomic E-state index is -1.13. The van der Waals surface area contributed by atoms with Crippen LogP contribution in [0, 0.1) is 0 Å². The van der Waals surface area contributed by atoms with E-state index in [0.29, 0.717) is 35.0 Å². The van der Waals surface area contributed by atoms with Gasteiger partial charge in [-0.1, -0.05) is 0 Å². The molecule has 0 bridgehead atoms. The molecule has 0 saturated heterocycles. The van der Waals surface area contributed by atoms with Crippen LogP contribution in [0.1, 0.15) is 23.1 Å². The first-order valence-corrected chi connectivity index (χ1v) is 10.0. The Bertz CT molecular complexity index is 1320. The predicted octanol–water partition coefficient (Wildman–Crippen LogP) is 2.75. The van der Waals surface area contributed by atoms with E-state index in [4.69, 9.17) is 14.2 Å². The van der Waals surface area contributed by atoms with Crippen molar-refractivity contribution in [1.29, 1.82) is 0 Å². The van der Waals surface area contributed by atoms with Crippen molar-refractivity contribution in [2.24, 2.45) is 7.05 Å². The Morgan fingerprint density at radius 3 is 2.84 bits per heavy atom. The van der Waals surface area contributed by atoms with Gasteiger partial charge in [-0.25, -0.2) is 14.8 Å². The number of carboxylic acids is 1. The minimum absolute atomic E-state index is 0.0864. The fourth-order valence-corrected chi connectivity index (χ4v) is 3.77. The van der Waals surface area contributed by atoms with Crippen molar-refractivity contribution in [3.8, 4) is 28.4 Å². The number of aromatic carboxylic acids is 1. The summed E-state index contributed by atoms with van der Waals surface area (Å²) >= 11 is 0. The first kappa shape index (κ1) is 19.9. The molecule has 32 heavy (non-hydrogen) atoms. The van der Waals surface area contributed by atoms with E-state index in [1.807, 2.05) is 38.4 Å². The van der Waals surface area contributed by atoms with Crippen molar-refractivity contribution in [1.82, 2.24) is 24.3 Å². The summed E-state index contributed by atoms with van der Waals surface area (Å²) in [4.78, 5) is 20.8. The van der Waals surface area contributed by atoms with Gasteiger partial charge in [0.2, 0.25) is 11.6 Å². The average molecular weight is 435 g/mol. The van der Waals surface area contributed by atoms with Crippen LogP contribution in [-0.4, -0.2) is 55.2 Å². The molecular formula is C22H21N5O5. The number of hydrogen-bond donors (Lipinski definition) is 1. The summed E-state index contributed by atoms with van der Waals surface area (Å²) in [6.45, 7) is 2.56. The zero-order valence-corrected chi connectivity index (χ0v) is 17.8. The van der Waals surface area contributed by atoms with Gasteiger partial charge in [-0.15, -0.1) is 0 Å². The molecular weight excluding hydrogens is 414 g/mol. The van der Waals surface area contributed by atoms with Crippen LogP contribution in [0.15, 0.2) is 36.8 Å². The van der Waals surface area contributed by atoms with Gasteiger partial charge >= 0.3 is 5.97 Å². The van der Waals surface area contributed by atoms with E-state index < -0.39 is 5.97 Å². The zero-order valence-electron chi connectivity index (χ0n) is 17.8. The summed E-state index contributed by atoms with van der Waals surface area (Å²) in [6.07, 6.45) is 5.19. The predicted molar refractivity (Wildman–Crippen MR) is 114 cm³/mol. The molecule has 1 atom stereocenters. The maximum Gasteiger partial charge on any atom is 0.372 e. The standard InChI is InChI=1S/C22H21N5O5/c1-12-11-31-18-5-13(4-17(30-3)19(18)32-12)9-27-20-16(25-21(27)22(28)29)6-14(7-23-20)15-8-24-26(2)10-15/h4-8,10,12H,9,11H2,1-3H3,(H,28,29). The van der Waals surface area contributed by atoms with E-state index in [1.165, 1.54) is 0 Å². The molecule has 1 aromatic carbocycles. The largest absolute Gasteiger partial charge is 0.493 e. The maximum atomic E-state index is 11.9. The quantitative estimate of drug-likeness (QED) is 0.509. The number of aryl methyl sites for hydroxylation is 1. The lowest BCUT2D eigenvalue weighted by Crippen LogP contribution is -2.26. The molecule has 4 heterocycles. The molecule has 164 valence electrons. The van der Waals surface area contributed by atoms with Crippen molar-refractivity contribution in [2.45, 2.75) is 19.6 Å². The molecule has 0 spiro atoms. The number of carboxylic acid groups (broad SMARTS) is 1. The summed E-state index contributed by atoms with van der Waals surface area (Å²) in [6, 6.07) is 5.45. The number of carbonyl (C=O) groups is 1. The topological polar surface area (TPSA) is 114 Å². The Morgan fingerprint density at radius 2 is 2.12 bits per heavy atom. The number of rotatable bonds is 5. The lowest BCUT2D eigenvalue weighted by molar-refractivity contribution is 0.0679. The highest BCUT2D eigenvalue weighted by Crippen LogP contribution is 2.42. The maximum absolute atomic E-state index is 11.9. The molecule has 0 amide bonds. The van der Waals surface area contributed by atoms with Crippen LogP contribution in [0.5, 0.6) is 17.2 Å². The number of hydrogen-bond acceptors (Lipinski definition) is 7. The average Bonchev–Trinajstić information content (AvgIpc) is 3.37. The molecule has 1 aliphatic rings. The number of pyridine rings is 1. The number of benzene rings is 1. The minimum Gasteiger partial charge on any atom is -0.493 e. The smallest absolute Gasteiger partial charge is 0.372 e. The van der Waals surface area contributed by atoms with Crippen molar-refractivity contribution in [3.05, 3.63) is 48.2 Å². The van der Waals surface area contributed by atoms with Crippen LogP contribution in [0.4, 0.5) is 0 Å². The second kappa shape index (κ2) is 7.56. The van der Waals surface area contributed by atoms with E-state index in [2.05, 4.69) is 15.1 Å². The molecule has 0 fully saturated rings. The van der Waals surface area contributed by atoms with Gasteiger partial charge in [0.05, 0.1) is 19.9 Å². The SMILES string of the molecule is COc1cc(Cn2c(C(=O)O)nc3cc(-c4cnn(C)c4)cnc32)cc2c1OC(C)CO2. The normalized spacial score (nSPS) is 15.2. The highest BCUT2D eigenvalue weighted by atomic mass is 16.6. The first-order valence-electron chi connectivity index (χ1n) is 10.0. The third-order valence-electron chi connectivity index (χ3n) is 5.25. The van der Waals surface area contributed by atoms with E-state index in [1.54, 1.807) is 28.8 Å². The number of aromatic nitrogens is 5. The van der Waals surface area contributed by atoms with Gasteiger partial charge in [-0.2, -0.15) is 5.10 Å². The molecule has 0 saturated carbocycles. The van der Waals surface area contributed by atoms with E-state index >= 15 is 0 Å². The molecule has 0 aliphatic carbocycles. The van der Waals surface area contributed by atoms with Crippen LogP contribution in [0.2, 0.25) is 0 Å². The van der Waals surface area contributed by atoms with Crippen LogP contribution >= 0.6 is 0 Å². The van der Waals surface area contributed by atoms with Gasteiger partial charge < -0.3 is 19.3 Å². The Kier molecular flexibility index (Phi) is 4.69. The summed E-state index contributed by atoms with van der Waals surface area (Å²) in [5.74, 6) is 0.397. The van der Waals surface area contributed by atoms with Gasteiger partial charge in [0.15, 0.2) is 17.1 Å². The summed E-state index contributed by atoms with van der Waals surface area (Å²) < 4.78 is 20.4. The molecule has 1 unspecified atom stereocenters. The lowest BCUT2D eigenvalue weighted by atomic mass is 10.1. The summed E-state index contributed by atoms with van der Waals surface area (Å²) in [5, 5.41) is 13.9. The number of fused-ring (bicyclic) bond motifs is 2. The summed E-state index contributed by atoms with van der Waals surface area (Å²) in [5.41, 5.74) is 3.42. The fourth-order valence-electron chi connectivity index (χ4n) is 3.77. The number of imidazole rings is 1. The zero-order chi connectivity index (χ0) is 22.4. The third-order valence-corrected chi connectivity index (χ3v) is 5.25. The molecule has 0 radical (unpaired) electrons. The van der Waals surface area contributed by atoms with E-state index in [0.717, 1.165) is 16.7 Å². The van der Waals surface area contributed by atoms with Crippen molar-refractivity contribution < 1.29 is 24.1 Å². The van der Waals surface area contributed by atoms with Gasteiger partial charge in [-0.3, -0.25) is 9.25 Å². The highest BCUT2D eigenvalue weighted by molar-refractivity contribution is 5.89. The molecule has 10 nitrogen and oxygen atoms in total. The van der Waals surface area contributed by atoms with Crippen molar-refractivity contribution in [2.75, 3.05) is 13.7 Å². The molecule has 3 aromatic heterocycles. The van der Waals surface area contributed by atoms with E-state index in [9.17, 15) is 9.90 Å². The molecule has 5 rings (SSSR count). The Morgan fingerprint density at radius 1 is 1.28 bits per heavy atom. The molecule has 1 N–H and O–H groups in total. The second-order valence-corrected chi connectivity index (χ2v) is 7.66. The van der Waals surface area contributed by atoms with E-state index in [-0.39, 0.29) is 18.5 Å². The molecule has 10 heteroatoms. The summed E-state index contributed by atoms with van der Waals surface area (Å²) in [7, 11) is 3.38. The van der Waals surface area contributed by atoms with Crippen LogP contribution in [0.3, 0.4) is 0 Å². The third kappa shape index (κ3) is 3.39.